The van der Waals surface area contributed by atoms with E-state index in [0.717, 1.165) is 17.1 Å². The normalized spacial score (nSPS) is 11.4. The van der Waals surface area contributed by atoms with Crippen LogP contribution >= 0.6 is 0 Å². The molecule has 0 bridgehead atoms. The van der Waals surface area contributed by atoms with Crippen LogP contribution in [0.5, 0.6) is 11.5 Å². The zero-order chi connectivity index (χ0) is 14.8. The van der Waals surface area contributed by atoms with Gasteiger partial charge in [-0.25, -0.2) is 0 Å². The first kappa shape index (κ1) is 14.6. The molecule has 0 radical (unpaired) electrons. The SMILES string of the molecule is Cc1ccc(Oc2ccccc2C(C)(C)C)c(CN)c1. The third-order valence-electron chi connectivity index (χ3n) is 3.35. The maximum absolute atomic E-state index is 6.13. The van der Waals surface area contributed by atoms with Gasteiger partial charge < -0.3 is 10.5 Å². The van der Waals surface area contributed by atoms with Crippen LogP contribution in [0.3, 0.4) is 0 Å². The van der Waals surface area contributed by atoms with Crippen LogP contribution in [0.2, 0.25) is 0 Å². The number of hydrogen-bond acceptors (Lipinski definition) is 2. The number of rotatable bonds is 3. The summed E-state index contributed by atoms with van der Waals surface area (Å²) in [6, 6.07) is 14.3. The summed E-state index contributed by atoms with van der Waals surface area (Å²) >= 11 is 0. The fourth-order valence-electron chi connectivity index (χ4n) is 2.26. The van der Waals surface area contributed by atoms with Gasteiger partial charge in [-0.3, -0.25) is 0 Å². The maximum atomic E-state index is 6.13. The first-order valence-corrected chi connectivity index (χ1v) is 6.99. The highest BCUT2D eigenvalue weighted by Gasteiger charge is 2.19. The topological polar surface area (TPSA) is 35.2 Å². The molecule has 0 fully saturated rings. The van der Waals surface area contributed by atoms with E-state index in [-0.39, 0.29) is 5.41 Å². The number of para-hydroxylation sites is 1. The van der Waals surface area contributed by atoms with E-state index >= 15 is 0 Å². The second-order valence-corrected chi connectivity index (χ2v) is 6.16. The Morgan fingerprint density at radius 1 is 1.00 bits per heavy atom. The van der Waals surface area contributed by atoms with E-state index in [1.165, 1.54) is 11.1 Å². The molecule has 0 unspecified atom stereocenters. The largest absolute Gasteiger partial charge is 0.457 e. The highest BCUT2D eigenvalue weighted by molar-refractivity contribution is 5.44. The van der Waals surface area contributed by atoms with Gasteiger partial charge >= 0.3 is 0 Å². The molecule has 2 rings (SSSR count). The van der Waals surface area contributed by atoms with Gasteiger partial charge in [0.2, 0.25) is 0 Å². The van der Waals surface area contributed by atoms with E-state index in [2.05, 4.69) is 39.8 Å². The Balaban J connectivity index is 2.41. The zero-order valence-corrected chi connectivity index (χ0v) is 12.7. The second-order valence-electron chi connectivity index (χ2n) is 6.16. The summed E-state index contributed by atoms with van der Waals surface area (Å²) in [7, 11) is 0. The summed E-state index contributed by atoms with van der Waals surface area (Å²) in [5, 5.41) is 0. The maximum Gasteiger partial charge on any atom is 0.131 e. The van der Waals surface area contributed by atoms with Gasteiger partial charge in [0.1, 0.15) is 11.5 Å². The highest BCUT2D eigenvalue weighted by Crippen LogP contribution is 2.35. The molecule has 2 heteroatoms. The molecular weight excluding hydrogens is 246 g/mol. The van der Waals surface area contributed by atoms with E-state index in [0.29, 0.717) is 6.54 Å². The van der Waals surface area contributed by atoms with Gasteiger partial charge in [0, 0.05) is 17.7 Å². The third-order valence-corrected chi connectivity index (χ3v) is 3.35. The average molecular weight is 269 g/mol. The Bertz CT molecular complexity index is 597. The number of benzene rings is 2. The van der Waals surface area contributed by atoms with E-state index in [9.17, 15) is 0 Å². The Morgan fingerprint density at radius 3 is 2.35 bits per heavy atom. The lowest BCUT2D eigenvalue weighted by atomic mass is 9.86. The van der Waals surface area contributed by atoms with E-state index in [4.69, 9.17) is 10.5 Å². The average Bonchev–Trinajstić information content (AvgIpc) is 2.40. The molecule has 2 nitrogen and oxygen atoms in total. The molecule has 20 heavy (non-hydrogen) atoms. The van der Waals surface area contributed by atoms with Crippen LogP contribution < -0.4 is 10.5 Å². The van der Waals surface area contributed by atoms with E-state index in [1.807, 2.05) is 30.3 Å². The van der Waals surface area contributed by atoms with Gasteiger partial charge in [0.25, 0.3) is 0 Å². The van der Waals surface area contributed by atoms with Crippen molar-refractivity contribution in [1.29, 1.82) is 0 Å². The van der Waals surface area contributed by atoms with E-state index in [1.54, 1.807) is 0 Å². The molecular formula is C18H23NO. The van der Waals surface area contributed by atoms with Crippen molar-refractivity contribution < 1.29 is 4.74 Å². The van der Waals surface area contributed by atoms with Crippen molar-refractivity contribution in [2.45, 2.75) is 39.7 Å². The fourth-order valence-corrected chi connectivity index (χ4v) is 2.26. The van der Waals surface area contributed by atoms with Crippen LogP contribution in [-0.2, 0) is 12.0 Å². The van der Waals surface area contributed by atoms with E-state index < -0.39 is 0 Å². The Labute approximate surface area is 121 Å². The fraction of sp³-hybridized carbons (Fsp3) is 0.333. The van der Waals surface area contributed by atoms with Crippen molar-refractivity contribution >= 4 is 0 Å². The minimum atomic E-state index is 0.0458. The first-order valence-electron chi connectivity index (χ1n) is 6.99. The van der Waals surface area contributed by atoms with Gasteiger partial charge in [0.15, 0.2) is 0 Å². The Morgan fingerprint density at radius 2 is 1.70 bits per heavy atom. The van der Waals surface area contributed by atoms with Crippen LogP contribution in [-0.4, -0.2) is 0 Å². The molecule has 0 saturated heterocycles. The molecule has 2 aromatic rings. The summed E-state index contributed by atoms with van der Waals surface area (Å²) in [4.78, 5) is 0. The summed E-state index contributed by atoms with van der Waals surface area (Å²) in [6.07, 6.45) is 0. The highest BCUT2D eigenvalue weighted by atomic mass is 16.5. The molecule has 0 saturated carbocycles. The van der Waals surface area contributed by atoms with Crippen molar-refractivity contribution in [1.82, 2.24) is 0 Å². The molecule has 106 valence electrons. The summed E-state index contributed by atoms with van der Waals surface area (Å²) in [5.41, 5.74) is 9.29. The third kappa shape index (κ3) is 3.20. The monoisotopic (exact) mass is 269 g/mol. The summed E-state index contributed by atoms with van der Waals surface area (Å²) in [5.74, 6) is 1.74. The quantitative estimate of drug-likeness (QED) is 0.887. The minimum Gasteiger partial charge on any atom is -0.457 e. The molecule has 0 aliphatic heterocycles. The smallest absolute Gasteiger partial charge is 0.131 e. The lowest BCUT2D eigenvalue weighted by Crippen LogP contribution is -2.12. The molecule has 0 aliphatic carbocycles. The second kappa shape index (κ2) is 5.68. The van der Waals surface area contributed by atoms with Crippen LogP contribution in [0.15, 0.2) is 42.5 Å². The molecule has 0 aromatic heterocycles. The number of aryl methyl sites for hydroxylation is 1. The lowest BCUT2D eigenvalue weighted by molar-refractivity contribution is 0.450. The Hall–Kier alpha value is -1.80. The predicted octanol–water partition coefficient (Wildman–Crippen LogP) is 4.54. The van der Waals surface area contributed by atoms with Crippen molar-refractivity contribution in [3.8, 4) is 11.5 Å². The molecule has 0 heterocycles. The van der Waals surface area contributed by atoms with Crippen molar-refractivity contribution in [3.63, 3.8) is 0 Å². The van der Waals surface area contributed by atoms with Crippen molar-refractivity contribution in [3.05, 3.63) is 59.2 Å². The standard InChI is InChI=1S/C18H23NO/c1-13-9-10-16(14(11-13)12-19)20-17-8-6-5-7-15(17)18(2,3)4/h5-11H,12,19H2,1-4H3. The molecule has 0 aliphatic rings. The minimum absolute atomic E-state index is 0.0458. The number of ether oxygens (including phenoxy) is 1. The lowest BCUT2D eigenvalue weighted by Gasteiger charge is -2.23. The van der Waals surface area contributed by atoms with Crippen LogP contribution in [0, 0.1) is 6.92 Å². The van der Waals surface area contributed by atoms with Gasteiger partial charge in [0.05, 0.1) is 0 Å². The van der Waals surface area contributed by atoms with Crippen molar-refractivity contribution in [2.24, 2.45) is 5.73 Å². The molecule has 2 N–H and O–H groups in total. The van der Waals surface area contributed by atoms with Crippen molar-refractivity contribution in [2.75, 3.05) is 0 Å². The molecule has 0 spiro atoms. The van der Waals surface area contributed by atoms with Crippen LogP contribution in [0.25, 0.3) is 0 Å². The molecule has 2 aromatic carbocycles. The zero-order valence-electron chi connectivity index (χ0n) is 12.7. The van der Waals surface area contributed by atoms with Crippen LogP contribution in [0.1, 0.15) is 37.5 Å². The Kier molecular flexibility index (Phi) is 4.15. The predicted molar refractivity (Wildman–Crippen MR) is 84.3 cm³/mol. The van der Waals surface area contributed by atoms with Gasteiger partial charge in [-0.15, -0.1) is 0 Å². The van der Waals surface area contributed by atoms with Crippen LogP contribution in [0.4, 0.5) is 0 Å². The number of hydrogen-bond donors (Lipinski definition) is 1. The molecule has 0 atom stereocenters. The van der Waals surface area contributed by atoms with Gasteiger partial charge in [-0.1, -0.05) is 56.7 Å². The summed E-state index contributed by atoms with van der Waals surface area (Å²) < 4.78 is 6.13. The summed E-state index contributed by atoms with van der Waals surface area (Å²) in [6.45, 7) is 9.11. The number of nitrogens with two attached hydrogens (primary N) is 1. The molecule has 0 amide bonds. The van der Waals surface area contributed by atoms with Gasteiger partial charge in [-0.2, -0.15) is 0 Å². The first-order chi connectivity index (χ1) is 9.41. The van der Waals surface area contributed by atoms with Gasteiger partial charge in [-0.05, 0) is 24.5 Å².